The Kier molecular flexibility index (Phi) is 3.55. The van der Waals surface area contributed by atoms with Gasteiger partial charge >= 0.3 is 0 Å². The smallest absolute Gasteiger partial charge is 0.217 e. The van der Waals surface area contributed by atoms with E-state index in [1.807, 2.05) is 4.31 Å². The summed E-state index contributed by atoms with van der Waals surface area (Å²) in [6.45, 7) is 4.80. The molecule has 0 spiro atoms. The fraction of sp³-hybridized carbons (Fsp3) is 0.647. The van der Waals surface area contributed by atoms with Gasteiger partial charge in [-0.3, -0.25) is 4.90 Å². The zero-order valence-corrected chi connectivity index (χ0v) is 13.9. The molecular weight excluding hydrogens is 296 g/mol. The Morgan fingerprint density at radius 3 is 2.59 bits per heavy atom. The summed E-state index contributed by atoms with van der Waals surface area (Å²) in [5, 5.41) is -0.0722. The molecule has 0 radical (unpaired) electrons. The van der Waals surface area contributed by atoms with Gasteiger partial charge in [0.2, 0.25) is 10.0 Å². The van der Waals surface area contributed by atoms with Gasteiger partial charge in [0, 0.05) is 31.7 Å². The molecule has 0 bridgehead atoms. The molecule has 4 rings (SSSR count). The van der Waals surface area contributed by atoms with Crippen LogP contribution >= 0.6 is 0 Å². The predicted molar refractivity (Wildman–Crippen MR) is 87.0 cm³/mol. The van der Waals surface area contributed by atoms with Gasteiger partial charge in [-0.15, -0.1) is 0 Å². The van der Waals surface area contributed by atoms with Crippen LogP contribution in [0.2, 0.25) is 0 Å². The van der Waals surface area contributed by atoms with Crippen molar-refractivity contribution in [1.82, 2.24) is 9.21 Å². The molecule has 3 aliphatic rings. The van der Waals surface area contributed by atoms with Gasteiger partial charge in [0.05, 0.1) is 5.25 Å². The fourth-order valence-electron chi connectivity index (χ4n) is 4.15. The second kappa shape index (κ2) is 5.32. The van der Waals surface area contributed by atoms with Crippen molar-refractivity contribution in [2.24, 2.45) is 0 Å². The van der Waals surface area contributed by atoms with E-state index in [-0.39, 0.29) is 11.3 Å². The standard InChI is InChI=1S/C17H24N2O2S/c1-13-3-2-4-14(11-13)12-18-9-7-17-16(18)8-10-19(17)22(20,21)15-5-6-15/h2-4,11,15-17H,5-10,12H2,1H3/t16-,17+/m1/s1. The van der Waals surface area contributed by atoms with Gasteiger partial charge < -0.3 is 0 Å². The number of benzene rings is 1. The third kappa shape index (κ3) is 2.49. The van der Waals surface area contributed by atoms with Crippen molar-refractivity contribution in [2.45, 2.75) is 56.5 Å². The topological polar surface area (TPSA) is 40.6 Å². The van der Waals surface area contributed by atoms with Crippen LogP contribution in [-0.4, -0.2) is 48.0 Å². The average molecular weight is 320 g/mol. The molecule has 0 aromatic heterocycles. The third-order valence-corrected chi connectivity index (χ3v) is 7.80. The Morgan fingerprint density at radius 2 is 1.86 bits per heavy atom. The molecule has 0 N–H and O–H groups in total. The highest BCUT2D eigenvalue weighted by atomic mass is 32.2. The summed E-state index contributed by atoms with van der Waals surface area (Å²) in [6.07, 6.45) is 3.71. The quantitative estimate of drug-likeness (QED) is 0.853. The minimum absolute atomic E-state index is 0.0722. The van der Waals surface area contributed by atoms with Crippen LogP contribution in [0.15, 0.2) is 24.3 Å². The van der Waals surface area contributed by atoms with Gasteiger partial charge in [0.25, 0.3) is 0 Å². The van der Waals surface area contributed by atoms with Crippen LogP contribution in [0, 0.1) is 6.92 Å². The Morgan fingerprint density at radius 1 is 1.09 bits per heavy atom. The summed E-state index contributed by atoms with van der Waals surface area (Å²) in [5.74, 6) is 0. The van der Waals surface area contributed by atoms with Crippen molar-refractivity contribution in [1.29, 1.82) is 0 Å². The van der Waals surface area contributed by atoms with Crippen molar-refractivity contribution in [3.8, 4) is 0 Å². The monoisotopic (exact) mass is 320 g/mol. The first kappa shape index (κ1) is 14.7. The molecule has 3 fully saturated rings. The summed E-state index contributed by atoms with van der Waals surface area (Å²) in [6, 6.07) is 9.27. The van der Waals surface area contributed by atoms with Crippen LogP contribution in [0.25, 0.3) is 0 Å². The maximum absolute atomic E-state index is 12.6. The molecule has 1 saturated carbocycles. The molecule has 5 heteroatoms. The van der Waals surface area contributed by atoms with E-state index in [1.165, 1.54) is 11.1 Å². The highest BCUT2D eigenvalue weighted by Crippen LogP contribution is 2.39. The SMILES string of the molecule is Cc1cccc(CN2CC[C@H]3[C@H]2CCN3S(=O)(=O)C2CC2)c1. The largest absolute Gasteiger partial charge is 0.294 e. The summed E-state index contributed by atoms with van der Waals surface area (Å²) in [5.41, 5.74) is 2.63. The van der Waals surface area contributed by atoms with Crippen molar-refractivity contribution >= 4 is 10.0 Å². The van der Waals surface area contributed by atoms with Gasteiger partial charge in [0.15, 0.2) is 0 Å². The van der Waals surface area contributed by atoms with Crippen LogP contribution in [0.5, 0.6) is 0 Å². The summed E-state index contributed by atoms with van der Waals surface area (Å²) >= 11 is 0. The molecule has 1 aromatic carbocycles. The molecule has 1 aromatic rings. The first-order chi connectivity index (χ1) is 10.6. The lowest BCUT2D eigenvalue weighted by molar-refractivity contribution is 0.240. The molecular formula is C17H24N2O2S. The highest BCUT2D eigenvalue weighted by molar-refractivity contribution is 7.90. The fourth-order valence-corrected chi connectivity index (χ4v) is 6.25. The Hall–Kier alpha value is -0.910. The molecule has 4 nitrogen and oxygen atoms in total. The zero-order chi connectivity index (χ0) is 15.3. The number of sulfonamides is 1. The van der Waals surface area contributed by atoms with E-state index in [0.717, 1.165) is 45.3 Å². The molecule has 0 amide bonds. The minimum Gasteiger partial charge on any atom is -0.294 e. The molecule has 120 valence electrons. The first-order valence-electron chi connectivity index (χ1n) is 8.36. The first-order valence-corrected chi connectivity index (χ1v) is 9.86. The van der Waals surface area contributed by atoms with Crippen LogP contribution in [0.3, 0.4) is 0 Å². The average Bonchev–Trinajstić information content (AvgIpc) is 3.14. The van der Waals surface area contributed by atoms with E-state index in [0.29, 0.717) is 6.04 Å². The lowest BCUT2D eigenvalue weighted by Gasteiger charge is -2.25. The Labute approximate surface area is 133 Å². The van der Waals surface area contributed by atoms with Gasteiger partial charge in [-0.1, -0.05) is 29.8 Å². The molecule has 2 aliphatic heterocycles. The van der Waals surface area contributed by atoms with Crippen LogP contribution in [0.1, 0.15) is 36.8 Å². The molecule has 22 heavy (non-hydrogen) atoms. The van der Waals surface area contributed by atoms with E-state index in [2.05, 4.69) is 36.1 Å². The number of aryl methyl sites for hydroxylation is 1. The van der Waals surface area contributed by atoms with E-state index in [1.54, 1.807) is 0 Å². The molecule has 0 unspecified atom stereocenters. The Bertz CT molecular complexity index is 669. The molecule has 2 heterocycles. The number of hydrogen-bond donors (Lipinski definition) is 0. The van der Waals surface area contributed by atoms with E-state index < -0.39 is 10.0 Å². The number of nitrogens with zero attached hydrogens (tertiary/aromatic N) is 2. The molecule has 2 atom stereocenters. The van der Waals surface area contributed by atoms with Crippen LogP contribution < -0.4 is 0 Å². The highest BCUT2D eigenvalue weighted by Gasteiger charge is 2.50. The van der Waals surface area contributed by atoms with Gasteiger partial charge in [-0.05, 0) is 38.2 Å². The predicted octanol–water partition coefficient (Wildman–Crippen LogP) is 2.14. The second-order valence-corrected chi connectivity index (χ2v) is 9.19. The summed E-state index contributed by atoms with van der Waals surface area (Å²) in [4.78, 5) is 2.49. The van der Waals surface area contributed by atoms with Crippen molar-refractivity contribution in [3.05, 3.63) is 35.4 Å². The van der Waals surface area contributed by atoms with Gasteiger partial charge in [0.1, 0.15) is 0 Å². The van der Waals surface area contributed by atoms with E-state index >= 15 is 0 Å². The lowest BCUT2D eigenvalue weighted by atomic mass is 10.1. The maximum atomic E-state index is 12.6. The number of hydrogen-bond acceptors (Lipinski definition) is 3. The van der Waals surface area contributed by atoms with Gasteiger partial charge in [-0.25, -0.2) is 8.42 Å². The van der Waals surface area contributed by atoms with Crippen molar-refractivity contribution in [2.75, 3.05) is 13.1 Å². The number of likely N-dealkylation sites (tertiary alicyclic amines) is 1. The normalized spacial score (nSPS) is 29.9. The van der Waals surface area contributed by atoms with E-state index in [4.69, 9.17) is 0 Å². The number of rotatable bonds is 4. The summed E-state index contributed by atoms with van der Waals surface area (Å²) < 4.78 is 26.9. The zero-order valence-electron chi connectivity index (χ0n) is 13.1. The van der Waals surface area contributed by atoms with Crippen molar-refractivity contribution < 1.29 is 8.42 Å². The number of fused-ring (bicyclic) bond motifs is 1. The van der Waals surface area contributed by atoms with Crippen molar-refractivity contribution in [3.63, 3.8) is 0 Å². The Balaban J connectivity index is 1.48. The van der Waals surface area contributed by atoms with Gasteiger partial charge in [-0.2, -0.15) is 4.31 Å². The summed E-state index contributed by atoms with van der Waals surface area (Å²) in [7, 11) is -3.02. The van der Waals surface area contributed by atoms with Crippen LogP contribution in [0.4, 0.5) is 0 Å². The lowest BCUT2D eigenvalue weighted by Crippen LogP contribution is -2.41. The third-order valence-electron chi connectivity index (χ3n) is 5.38. The van der Waals surface area contributed by atoms with Crippen LogP contribution in [-0.2, 0) is 16.6 Å². The minimum atomic E-state index is -3.02. The maximum Gasteiger partial charge on any atom is 0.217 e. The van der Waals surface area contributed by atoms with E-state index in [9.17, 15) is 8.42 Å². The second-order valence-electron chi connectivity index (χ2n) is 7.03. The molecule has 2 saturated heterocycles. The molecule has 1 aliphatic carbocycles.